The average molecular weight is 485 g/mol. The molecule has 0 atom stereocenters. The third-order valence-corrected chi connectivity index (χ3v) is 7.43. The van der Waals surface area contributed by atoms with Gasteiger partial charge in [-0.25, -0.2) is 9.97 Å². The van der Waals surface area contributed by atoms with Gasteiger partial charge >= 0.3 is 0 Å². The van der Waals surface area contributed by atoms with Gasteiger partial charge in [-0.05, 0) is 35.0 Å². The van der Waals surface area contributed by atoms with Gasteiger partial charge in [0.15, 0.2) is 0 Å². The molecule has 0 aliphatic heterocycles. The number of hydrogen-bond donors (Lipinski definition) is 0. The lowest BCUT2D eigenvalue weighted by Crippen LogP contribution is -1.91. The summed E-state index contributed by atoms with van der Waals surface area (Å²) in [4.78, 5) is 19.0. The Bertz CT molecular complexity index is 2030. The molecule has 0 aliphatic carbocycles. The van der Waals surface area contributed by atoms with Gasteiger partial charge in [0, 0.05) is 68.2 Å². The molecule has 0 saturated heterocycles. The van der Waals surface area contributed by atoms with Crippen molar-refractivity contribution in [1.82, 2.24) is 19.9 Å². The minimum Gasteiger partial charge on any atom is -0.264 e. The summed E-state index contributed by atoms with van der Waals surface area (Å²) in [5.74, 6) is 0. The summed E-state index contributed by atoms with van der Waals surface area (Å²) in [6.07, 6.45) is 7.47. The second-order valence-electron chi connectivity index (χ2n) is 9.57. The molecule has 0 bridgehead atoms. The SMILES string of the molecule is c1cc(-c2ccc3ccc4c(ccc5ccc(-c6cccc7cnccc67)nc54)c3n2)c2ccncc2c1. The monoisotopic (exact) mass is 484 g/mol. The average Bonchev–Trinajstić information content (AvgIpc) is 2.99. The Labute approximate surface area is 218 Å². The minimum atomic E-state index is 0.952. The van der Waals surface area contributed by atoms with Gasteiger partial charge in [-0.1, -0.05) is 72.8 Å². The molecule has 0 aliphatic rings. The van der Waals surface area contributed by atoms with E-state index >= 15 is 0 Å². The summed E-state index contributed by atoms with van der Waals surface area (Å²) in [7, 11) is 0. The zero-order chi connectivity index (χ0) is 25.1. The van der Waals surface area contributed by atoms with Crippen LogP contribution in [-0.2, 0) is 0 Å². The third kappa shape index (κ3) is 3.17. The lowest BCUT2D eigenvalue weighted by atomic mass is 9.99. The van der Waals surface area contributed by atoms with Crippen molar-refractivity contribution in [2.45, 2.75) is 0 Å². The van der Waals surface area contributed by atoms with Gasteiger partial charge in [-0.2, -0.15) is 0 Å². The number of nitrogens with zero attached hydrogens (tertiary/aromatic N) is 4. The molecule has 0 fully saturated rings. The third-order valence-electron chi connectivity index (χ3n) is 7.43. The highest BCUT2D eigenvalue weighted by Crippen LogP contribution is 2.35. The quantitative estimate of drug-likeness (QED) is 0.231. The van der Waals surface area contributed by atoms with Crippen molar-refractivity contribution in [3.63, 3.8) is 0 Å². The van der Waals surface area contributed by atoms with Crippen LogP contribution in [0.2, 0.25) is 0 Å². The van der Waals surface area contributed by atoms with Crippen LogP contribution in [0.25, 0.3) is 76.6 Å². The van der Waals surface area contributed by atoms with Crippen molar-refractivity contribution in [3.8, 4) is 22.5 Å². The van der Waals surface area contributed by atoms with Crippen LogP contribution >= 0.6 is 0 Å². The number of pyridine rings is 4. The molecule has 38 heavy (non-hydrogen) atoms. The number of rotatable bonds is 2. The first kappa shape index (κ1) is 20.9. The molecule has 0 unspecified atom stereocenters. The highest BCUT2D eigenvalue weighted by Gasteiger charge is 2.12. The maximum atomic E-state index is 5.20. The second kappa shape index (κ2) is 8.15. The summed E-state index contributed by atoms with van der Waals surface area (Å²) < 4.78 is 0. The van der Waals surface area contributed by atoms with Crippen molar-refractivity contribution in [2.24, 2.45) is 0 Å². The van der Waals surface area contributed by atoms with Crippen LogP contribution in [0.4, 0.5) is 0 Å². The highest BCUT2D eigenvalue weighted by molar-refractivity contribution is 6.15. The van der Waals surface area contributed by atoms with E-state index in [1.807, 2.05) is 24.8 Å². The zero-order valence-corrected chi connectivity index (χ0v) is 20.3. The molecular weight excluding hydrogens is 464 g/mol. The van der Waals surface area contributed by atoms with Crippen LogP contribution in [-0.4, -0.2) is 19.9 Å². The van der Waals surface area contributed by atoms with Crippen LogP contribution < -0.4 is 0 Å². The predicted octanol–water partition coefficient (Wildman–Crippen LogP) is 8.37. The van der Waals surface area contributed by atoms with E-state index in [9.17, 15) is 0 Å². The first-order valence-corrected chi connectivity index (χ1v) is 12.6. The molecule has 0 amide bonds. The Kier molecular flexibility index (Phi) is 4.49. The largest absolute Gasteiger partial charge is 0.264 e. The van der Waals surface area contributed by atoms with E-state index in [1.165, 1.54) is 0 Å². The van der Waals surface area contributed by atoms with Crippen LogP contribution in [0.15, 0.2) is 122 Å². The fraction of sp³-hybridized carbons (Fsp3) is 0. The van der Waals surface area contributed by atoms with E-state index in [-0.39, 0.29) is 0 Å². The maximum Gasteiger partial charge on any atom is 0.0788 e. The van der Waals surface area contributed by atoms with Gasteiger partial charge in [-0.15, -0.1) is 0 Å². The lowest BCUT2D eigenvalue weighted by molar-refractivity contribution is 1.36. The summed E-state index contributed by atoms with van der Waals surface area (Å²) >= 11 is 0. The van der Waals surface area contributed by atoms with Crippen molar-refractivity contribution < 1.29 is 0 Å². The fourth-order valence-corrected chi connectivity index (χ4v) is 5.57. The van der Waals surface area contributed by atoms with Gasteiger partial charge in [0.1, 0.15) is 0 Å². The molecule has 176 valence electrons. The Morgan fingerprint density at radius 1 is 0.368 bits per heavy atom. The van der Waals surface area contributed by atoms with Gasteiger partial charge < -0.3 is 0 Å². The Balaban J connectivity index is 1.37. The standard InChI is InChI=1S/C34H20N4/c1-3-23-19-35-17-15-25(23)27(5-1)31-13-9-21-7-12-30-29(33(21)37-31)11-8-22-10-14-32(38-34(22)30)28-6-2-4-24-20-36-18-16-26(24)28/h1-20H. The molecule has 0 radical (unpaired) electrons. The molecule has 0 spiro atoms. The topological polar surface area (TPSA) is 51.6 Å². The molecule has 4 heteroatoms. The smallest absolute Gasteiger partial charge is 0.0788 e. The zero-order valence-electron chi connectivity index (χ0n) is 20.3. The summed E-state index contributed by atoms with van der Waals surface area (Å²) in [6, 6.07) is 33.9. The Morgan fingerprint density at radius 2 is 0.842 bits per heavy atom. The first-order chi connectivity index (χ1) is 18.8. The molecule has 4 heterocycles. The summed E-state index contributed by atoms with van der Waals surface area (Å²) in [5, 5.41) is 8.94. The molecule has 0 saturated carbocycles. The predicted molar refractivity (Wildman–Crippen MR) is 156 cm³/mol. The number of benzene rings is 4. The van der Waals surface area contributed by atoms with E-state index < -0.39 is 0 Å². The van der Waals surface area contributed by atoms with E-state index in [0.717, 1.165) is 76.6 Å². The van der Waals surface area contributed by atoms with E-state index in [4.69, 9.17) is 9.97 Å². The van der Waals surface area contributed by atoms with Crippen molar-refractivity contribution in [1.29, 1.82) is 0 Å². The normalized spacial score (nSPS) is 11.7. The van der Waals surface area contributed by atoms with Gasteiger partial charge in [0.2, 0.25) is 0 Å². The molecule has 4 aromatic carbocycles. The van der Waals surface area contributed by atoms with Gasteiger partial charge in [0.25, 0.3) is 0 Å². The maximum absolute atomic E-state index is 5.20. The molecule has 8 rings (SSSR count). The fourth-order valence-electron chi connectivity index (χ4n) is 5.57. The van der Waals surface area contributed by atoms with Crippen LogP contribution in [0.1, 0.15) is 0 Å². The second-order valence-corrected chi connectivity index (χ2v) is 9.57. The Hall–Kier alpha value is -5.22. The molecule has 4 nitrogen and oxygen atoms in total. The Morgan fingerprint density at radius 3 is 1.34 bits per heavy atom. The summed E-state index contributed by atoms with van der Waals surface area (Å²) in [6.45, 7) is 0. The van der Waals surface area contributed by atoms with E-state index in [1.54, 1.807) is 0 Å². The van der Waals surface area contributed by atoms with Crippen molar-refractivity contribution in [2.75, 3.05) is 0 Å². The number of hydrogen-bond acceptors (Lipinski definition) is 4. The molecule has 0 N–H and O–H groups in total. The molecule has 4 aromatic heterocycles. The van der Waals surface area contributed by atoms with Crippen LogP contribution in [0.5, 0.6) is 0 Å². The van der Waals surface area contributed by atoms with Crippen molar-refractivity contribution in [3.05, 3.63) is 122 Å². The first-order valence-electron chi connectivity index (χ1n) is 12.6. The minimum absolute atomic E-state index is 0.952. The number of fused-ring (bicyclic) bond motifs is 7. The molecular formula is C34H20N4. The van der Waals surface area contributed by atoms with Gasteiger partial charge in [0.05, 0.1) is 22.4 Å². The molecule has 8 aromatic rings. The summed E-state index contributed by atoms with van der Waals surface area (Å²) in [5.41, 5.74) is 6.08. The number of aromatic nitrogens is 4. The van der Waals surface area contributed by atoms with Crippen molar-refractivity contribution >= 4 is 54.1 Å². The van der Waals surface area contributed by atoms with Crippen LogP contribution in [0, 0.1) is 0 Å². The van der Waals surface area contributed by atoms with Crippen LogP contribution in [0.3, 0.4) is 0 Å². The highest BCUT2D eigenvalue weighted by atomic mass is 14.7. The lowest BCUT2D eigenvalue weighted by Gasteiger charge is -2.11. The van der Waals surface area contributed by atoms with E-state index in [2.05, 4.69) is 107 Å². The van der Waals surface area contributed by atoms with Gasteiger partial charge in [-0.3, -0.25) is 9.97 Å². The van der Waals surface area contributed by atoms with E-state index in [0.29, 0.717) is 0 Å².